The summed E-state index contributed by atoms with van der Waals surface area (Å²) in [6, 6.07) is 11.1. The summed E-state index contributed by atoms with van der Waals surface area (Å²) in [5, 5.41) is 2.72. The Hall–Kier alpha value is -1.88. The Morgan fingerprint density at radius 3 is 2.68 bits per heavy atom. The molecule has 5 heteroatoms. The third-order valence-corrected chi connectivity index (χ3v) is 3.54. The van der Waals surface area contributed by atoms with Crippen molar-refractivity contribution in [2.45, 2.75) is 13.5 Å². The molecule has 1 amide bonds. The molecule has 2 aromatic rings. The van der Waals surface area contributed by atoms with Crippen molar-refractivity contribution in [2.24, 2.45) is 0 Å². The number of aromatic amines is 1. The van der Waals surface area contributed by atoms with Gasteiger partial charge in [0.1, 0.15) is 5.56 Å². The Balaban J connectivity index is 2.13. The first-order valence-electron chi connectivity index (χ1n) is 5.79. The molecule has 0 aliphatic rings. The molecule has 1 heterocycles. The van der Waals surface area contributed by atoms with Crippen LogP contribution in [0.4, 0.5) is 0 Å². The second-order valence-electron chi connectivity index (χ2n) is 4.15. The fourth-order valence-electron chi connectivity index (χ4n) is 1.64. The standard InChI is InChI=1S/C14H13BrN2O2/c1-9-12(15)7-11(14(19)17-9)13(18)16-8-10-5-3-2-4-6-10/h2-7H,8H2,1H3,(H,16,18)(H,17,19). The molecule has 0 spiro atoms. The van der Waals surface area contributed by atoms with Gasteiger partial charge in [0, 0.05) is 16.7 Å². The van der Waals surface area contributed by atoms with Crippen molar-refractivity contribution in [3.05, 3.63) is 68.0 Å². The molecular weight excluding hydrogens is 308 g/mol. The lowest BCUT2D eigenvalue weighted by Crippen LogP contribution is -2.29. The zero-order valence-corrected chi connectivity index (χ0v) is 12.0. The van der Waals surface area contributed by atoms with Crippen molar-refractivity contribution in [1.29, 1.82) is 0 Å². The lowest BCUT2D eigenvalue weighted by molar-refractivity contribution is 0.0949. The monoisotopic (exact) mass is 320 g/mol. The maximum atomic E-state index is 12.0. The molecule has 0 saturated carbocycles. The van der Waals surface area contributed by atoms with Gasteiger partial charge in [-0.25, -0.2) is 0 Å². The van der Waals surface area contributed by atoms with Gasteiger partial charge in [0.15, 0.2) is 0 Å². The van der Waals surface area contributed by atoms with Gasteiger partial charge in [-0.1, -0.05) is 30.3 Å². The summed E-state index contributed by atoms with van der Waals surface area (Å²) >= 11 is 3.29. The molecular formula is C14H13BrN2O2. The summed E-state index contributed by atoms with van der Waals surface area (Å²) in [6.45, 7) is 2.15. The Morgan fingerprint density at radius 2 is 2.00 bits per heavy atom. The lowest BCUT2D eigenvalue weighted by Gasteiger charge is -2.06. The third-order valence-electron chi connectivity index (χ3n) is 2.72. The van der Waals surface area contributed by atoms with Crippen molar-refractivity contribution in [2.75, 3.05) is 0 Å². The Labute approximate surface area is 119 Å². The van der Waals surface area contributed by atoms with Crippen LogP contribution in [0.5, 0.6) is 0 Å². The van der Waals surface area contributed by atoms with Crippen LogP contribution < -0.4 is 10.9 Å². The molecule has 0 atom stereocenters. The van der Waals surface area contributed by atoms with Crippen LogP contribution in [0, 0.1) is 6.92 Å². The summed E-state index contributed by atoms with van der Waals surface area (Å²) < 4.78 is 0.706. The Kier molecular flexibility index (Phi) is 4.16. The van der Waals surface area contributed by atoms with Crippen LogP contribution in [0.15, 0.2) is 45.7 Å². The van der Waals surface area contributed by atoms with Crippen LogP contribution in [0.1, 0.15) is 21.6 Å². The highest BCUT2D eigenvalue weighted by molar-refractivity contribution is 9.10. The van der Waals surface area contributed by atoms with E-state index in [-0.39, 0.29) is 17.0 Å². The van der Waals surface area contributed by atoms with Gasteiger partial charge >= 0.3 is 0 Å². The minimum Gasteiger partial charge on any atom is -0.348 e. The van der Waals surface area contributed by atoms with Crippen LogP contribution in [0.2, 0.25) is 0 Å². The van der Waals surface area contributed by atoms with E-state index in [1.807, 2.05) is 30.3 Å². The van der Waals surface area contributed by atoms with Gasteiger partial charge in [0.05, 0.1) is 0 Å². The molecule has 2 N–H and O–H groups in total. The normalized spacial score (nSPS) is 10.2. The van der Waals surface area contributed by atoms with E-state index in [4.69, 9.17) is 0 Å². The number of hydrogen-bond acceptors (Lipinski definition) is 2. The predicted octanol–water partition coefficient (Wildman–Crippen LogP) is 2.38. The topological polar surface area (TPSA) is 62.0 Å². The Bertz CT molecular complexity index is 650. The number of benzene rings is 1. The second-order valence-corrected chi connectivity index (χ2v) is 5.01. The Morgan fingerprint density at radius 1 is 1.32 bits per heavy atom. The summed E-state index contributed by atoms with van der Waals surface area (Å²) in [7, 11) is 0. The van der Waals surface area contributed by atoms with E-state index < -0.39 is 0 Å². The predicted molar refractivity (Wildman–Crippen MR) is 77.1 cm³/mol. The van der Waals surface area contributed by atoms with E-state index >= 15 is 0 Å². The summed E-state index contributed by atoms with van der Waals surface area (Å²) in [5.74, 6) is -0.384. The molecule has 0 unspecified atom stereocenters. The van der Waals surface area contributed by atoms with E-state index in [0.29, 0.717) is 16.7 Å². The van der Waals surface area contributed by atoms with Crippen LogP contribution >= 0.6 is 15.9 Å². The molecule has 0 radical (unpaired) electrons. The molecule has 0 aliphatic heterocycles. The zero-order valence-electron chi connectivity index (χ0n) is 10.4. The molecule has 0 aliphatic carbocycles. The number of aryl methyl sites for hydroxylation is 1. The number of nitrogens with one attached hydrogen (secondary N) is 2. The van der Waals surface area contributed by atoms with Gasteiger partial charge < -0.3 is 10.3 Å². The summed E-state index contributed by atoms with van der Waals surface area (Å²) in [5.41, 5.74) is 1.41. The van der Waals surface area contributed by atoms with Gasteiger partial charge in [-0.05, 0) is 34.5 Å². The summed E-state index contributed by atoms with van der Waals surface area (Å²) in [4.78, 5) is 26.3. The quantitative estimate of drug-likeness (QED) is 0.912. The van der Waals surface area contributed by atoms with Gasteiger partial charge in [0.25, 0.3) is 11.5 Å². The number of hydrogen-bond donors (Lipinski definition) is 2. The number of pyridine rings is 1. The van der Waals surface area contributed by atoms with E-state index in [1.165, 1.54) is 6.07 Å². The number of aromatic nitrogens is 1. The maximum absolute atomic E-state index is 12.0. The van der Waals surface area contributed by atoms with E-state index in [9.17, 15) is 9.59 Å². The molecule has 1 aromatic heterocycles. The number of amides is 1. The van der Waals surface area contributed by atoms with E-state index in [2.05, 4.69) is 26.2 Å². The van der Waals surface area contributed by atoms with Crippen molar-refractivity contribution in [1.82, 2.24) is 10.3 Å². The van der Waals surface area contributed by atoms with Gasteiger partial charge in [-0.15, -0.1) is 0 Å². The van der Waals surface area contributed by atoms with Crippen LogP contribution in [-0.4, -0.2) is 10.9 Å². The number of carbonyl (C=O) groups excluding carboxylic acids is 1. The van der Waals surface area contributed by atoms with Crippen LogP contribution in [0.3, 0.4) is 0 Å². The smallest absolute Gasteiger partial charge is 0.261 e. The molecule has 2 rings (SSSR count). The first-order valence-corrected chi connectivity index (χ1v) is 6.59. The van der Waals surface area contributed by atoms with Crippen molar-refractivity contribution >= 4 is 21.8 Å². The highest BCUT2D eigenvalue weighted by Gasteiger charge is 2.12. The van der Waals surface area contributed by atoms with Crippen LogP contribution in [0.25, 0.3) is 0 Å². The van der Waals surface area contributed by atoms with E-state index in [0.717, 1.165) is 5.56 Å². The third kappa shape index (κ3) is 3.32. The zero-order chi connectivity index (χ0) is 13.8. The number of carbonyl (C=O) groups is 1. The van der Waals surface area contributed by atoms with Crippen molar-refractivity contribution in [3.8, 4) is 0 Å². The summed E-state index contributed by atoms with van der Waals surface area (Å²) in [6.07, 6.45) is 0. The molecule has 19 heavy (non-hydrogen) atoms. The minimum atomic E-state index is -0.384. The number of rotatable bonds is 3. The van der Waals surface area contributed by atoms with Crippen molar-refractivity contribution < 1.29 is 4.79 Å². The van der Waals surface area contributed by atoms with E-state index in [1.54, 1.807) is 6.92 Å². The molecule has 98 valence electrons. The highest BCUT2D eigenvalue weighted by atomic mass is 79.9. The fraction of sp³-hybridized carbons (Fsp3) is 0.143. The minimum absolute atomic E-state index is 0.105. The van der Waals surface area contributed by atoms with Gasteiger partial charge in [-0.3, -0.25) is 9.59 Å². The average molecular weight is 321 g/mol. The SMILES string of the molecule is Cc1[nH]c(=O)c(C(=O)NCc2ccccc2)cc1Br. The molecule has 0 saturated heterocycles. The first kappa shape index (κ1) is 13.5. The molecule has 4 nitrogen and oxygen atoms in total. The van der Waals surface area contributed by atoms with Gasteiger partial charge in [-0.2, -0.15) is 0 Å². The highest BCUT2D eigenvalue weighted by Crippen LogP contribution is 2.12. The number of halogens is 1. The number of H-pyrrole nitrogens is 1. The second kappa shape index (κ2) is 5.84. The molecule has 0 bridgehead atoms. The molecule has 0 fully saturated rings. The largest absolute Gasteiger partial charge is 0.348 e. The maximum Gasteiger partial charge on any atom is 0.261 e. The lowest BCUT2D eigenvalue weighted by atomic mass is 10.2. The first-order chi connectivity index (χ1) is 9.08. The van der Waals surface area contributed by atoms with Crippen molar-refractivity contribution in [3.63, 3.8) is 0 Å². The van der Waals surface area contributed by atoms with Crippen LogP contribution in [-0.2, 0) is 6.54 Å². The fourth-order valence-corrected chi connectivity index (χ4v) is 1.97. The average Bonchev–Trinajstić information content (AvgIpc) is 2.41. The molecule has 1 aromatic carbocycles. The van der Waals surface area contributed by atoms with Gasteiger partial charge in [0.2, 0.25) is 0 Å².